The minimum absolute atomic E-state index is 0.334. The number of aryl methyl sites for hydroxylation is 1. The summed E-state index contributed by atoms with van der Waals surface area (Å²) < 4.78 is 5.49. The lowest BCUT2D eigenvalue weighted by molar-refractivity contribution is 0.432. The van der Waals surface area contributed by atoms with Crippen LogP contribution in [0, 0.1) is 0 Å². The first-order valence-corrected chi connectivity index (χ1v) is 5.44. The quantitative estimate of drug-likeness (QED) is 0.851. The minimum Gasteiger partial charge on any atom is -0.423 e. The Morgan fingerprint density at radius 1 is 1.25 bits per heavy atom. The molecule has 84 valence electrons. The Hall–Kier alpha value is -1.68. The van der Waals surface area contributed by atoms with Crippen molar-refractivity contribution in [3.8, 4) is 0 Å². The van der Waals surface area contributed by atoms with Gasteiger partial charge in [-0.3, -0.25) is 0 Å². The lowest BCUT2D eigenvalue weighted by atomic mass is 10.1. The molecule has 0 saturated heterocycles. The summed E-state index contributed by atoms with van der Waals surface area (Å²) in [5.74, 6) is 1.14. The molecule has 1 atom stereocenters. The van der Waals surface area contributed by atoms with Crippen molar-refractivity contribution in [3.05, 3.63) is 47.7 Å². The Morgan fingerprint density at radius 3 is 2.69 bits per heavy atom. The van der Waals surface area contributed by atoms with E-state index in [0.717, 1.165) is 18.4 Å². The first kappa shape index (κ1) is 10.8. The molecule has 2 aromatic rings. The summed E-state index contributed by atoms with van der Waals surface area (Å²) in [4.78, 5) is 0. The lowest BCUT2D eigenvalue weighted by Crippen LogP contribution is -2.11. The monoisotopic (exact) mass is 217 g/mol. The van der Waals surface area contributed by atoms with Gasteiger partial charge in [-0.25, -0.2) is 0 Å². The van der Waals surface area contributed by atoms with Crippen LogP contribution in [0.4, 0.5) is 0 Å². The second-order valence-corrected chi connectivity index (χ2v) is 3.67. The van der Waals surface area contributed by atoms with E-state index in [1.54, 1.807) is 0 Å². The number of nitrogens with zero attached hydrogens (tertiary/aromatic N) is 2. The predicted octanol–water partition coefficient (Wildman–Crippen LogP) is 2.07. The summed E-state index contributed by atoms with van der Waals surface area (Å²) in [7, 11) is 0. The standard InChI is InChI=1S/C12H15N3O/c1-2-6-10-14-15-12(16-10)11(13)9-7-4-3-5-8-9/h3-5,7-8,11H,2,6,13H2,1H3. The maximum atomic E-state index is 6.03. The average molecular weight is 217 g/mol. The van der Waals surface area contributed by atoms with Crippen molar-refractivity contribution in [1.29, 1.82) is 0 Å². The van der Waals surface area contributed by atoms with Gasteiger partial charge in [0.15, 0.2) is 0 Å². The minimum atomic E-state index is -0.334. The van der Waals surface area contributed by atoms with Crippen LogP contribution < -0.4 is 5.73 Å². The van der Waals surface area contributed by atoms with Crippen LogP contribution in [0.15, 0.2) is 34.7 Å². The van der Waals surface area contributed by atoms with E-state index in [-0.39, 0.29) is 6.04 Å². The second-order valence-electron chi connectivity index (χ2n) is 3.67. The maximum absolute atomic E-state index is 6.03. The van der Waals surface area contributed by atoms with Crippen LogP contribution in [0.2, 0.25) is 0 Å². The van der Waals surface area contributed by atoms with Crippen molar-refractivity contribution in [1.82, 2.24) is 10.2 Å². The third-order valence-corrected chi connectivity index (χ3v) is 2.37. The van der Waals surface area contributed by atoms with Crippen LogP contribution in [0.3, 0.4) is 0 Å². The van der Waals surface area contributed by atoms with E-state index in [4.69, 9.17) is 10.2 Å². The number of hydrogen-bond donors (Lipinski definition) is 1. The Kier molecular flexibility index (Phi) is 3.31. The molecule has 1 aromatic carbocycles. The Labute approximate surface area is 94.5 Å². The van der Waals surface area contributed by atoms with Gasteiger partial charge in [0, 0.05) is 6.42 Å². The van der Waals surface area contributed by atoms with E-state index in [2.05, 4.69) is 17.1 Å². The number of aromatic nitrogens is 2. The smallest absolute Gasteiger partial charge is 0.237 e. The summed E-state index contributed by atoms with van der Waals surface area (Å²) in [5, 5.41) is 7.93. The fraction of sp³-hybridized carbons (Fsp3) is 0.333. The van der Waals surface area contributed by atoms with Gasteiger partial charge in [-0.2, -0.15) is 0 Å². The number of nitrogens with two attached hydrogens (primary N) is 1. The highest BCUT2D eigenvalue weighted by Crippen LogP contribution is 2.18. The molecule has 0 fully saturated rings. The largest absolute Gasteiger partial charge is 0.423 e. The first-order chi connectivity index (χ1) is 7.81. The van der Waals surface area contributed by atoms with Crippen LogP contribution in [0.25, 0.3) is 0 Å². The van der Waals surface area contributed by atoms with Gasteiger partial charge < -0.3 is 10.2 Å². The molecule has 1 aromatic heterocycles. The van der Waals surface area contributed by atoms with E-state index in [1.165, 1.54) is 0 Å². The van der Waals surface area contributed by atoms with Gasteiger partial charge in [-0.1, -0.05) is 37.3 Å². The topological polar surface area (TPSA) is 64.9 Å². The van der Waals surface area contributed by atoms with Gasteiger partial charge >= 0.3 is 0 Å². The van der Waals surface area contributed by atoms with Crippen molar-refractivity contribution >= 4 is 0 Å². The van der Waals surface area contributed by atoms with Gasteiger partial charge in [0.1, 0.15) is 6.04 Å². The van der Waals surface area contributed by atoms with E-state index in [9.17, 15) is 0 Å². The van der Waals surface area contributed by atoms with Crippen molar-refractivity contribution in [3.63, 3.8) is 0 Å². The van der Waals surface area contributed by atoms with Gasteiger partial charge in [0.25, 0.3) is 0 Å². The lowest BCUT2D eigenvalue weighted by Gasteiger charge is -2.06. The molecule has 4 heteroatoms. The highest BCUT2D eigenvalue weighted by atomic mass is 16.4. The van der Waals surface area contributed by atoms with Gasteiger partial charge in [-0.05, 0) is 12.0 Å². The van der Waals surface area contributed by atoms with Crippen molar-refractivity contribution in [2.75, 3.05) is 0 Å². The average Bonchev–Trinajstić information content (AvgIpc) is 2.78. The van der Waals surface area contributed by atoms with Gasteiger partial charge in [-0.15, -0.1) is 10.2 Å². The highest BCUT2D eigenvalue weighted by molar-refractivity contribution is 5.22. The first-order valence-electron chi connectivity index (χ1n) is 5.44. The van der Waals surface area contributed by atoms with Crippen molar-refractivity contribution in [2.45, 2.75) is 25.8 Å². The van der Waals surface area contributed by atoms with Crippen molar-refractivity contribution < 1.29 is 4.42 Å². The van der Waals surface area contributed by atoms with Crippen molar-refractivity contribution in [2.24, 2.45) is 5.73 Å². The van der Waals surface area contributed by atoms with Crippen LogP contribution in [0.1, 0.15) is 36.7 Å². The molecule has 0 radical (unpaired) electrons. The van der Waals surface area contributed by atoms with E-state index in [0.29, 0.717) is 11.8 Å². The SMILES string of the molecule is CCCc1nnc(C(N)c2ccccc2)o1. The van der Waals surface area contributed by atoms with Gasteiger partial charge in [0.05, 0.1) is 0 Å². The number of rotatable bonds is 4. The van der Waals surface area contributed by atoms with E-state index >= 15 is 0 Å². The molecule has 1 heterocycles. The third kappa shape index (κ3) is 2.28. The van der Waals surface area contributed by atoms with Crippen LogP contribution in [-0.2, 0) is 6.42 Å². The molecule has 16 heavy (non-hydrogen) atoms. The zero-order chi connectivity index (χ0) is 11.4. The maximum Gasteiger partial charge on any atom is 0.237 e. The third-order valence-electron chi connectivity index (χ3n) is 2.37. The Balaban J connectivity index is 2.17. The molecule has 2 N–H and O–H groups in total. The summed E-state index contributed by atoms with van der Waals surface area (Å²) in [5.41, 5.74) is 7.01. The molecular formula is C12H15N3O. The van der Waals surface area contributed by atoms with Gasteiger partial charge in [0.2, 0.25) is 11.8 Å². The van der Waals surface area contributed by atoms with E-state index < -0.39 is 0 Å². The zero-order valence-corrected chi connectivity index (χ0v) is 9.26. The second kappa shape index (κ2) is 4.90. The molecular weight excluding hydrogens is 202 g/mol. The predicted molar refractivity (Wildman–Crippen MR) is 60.8 cm³/mol. The molecule has 0 aliphatic carbocycles. The molecule has 4 nitrogen and oxygen atoms in total. The number of benzene rings is 1. The zero-order valence-electron chi connectivity index (χ0n) is 9.26. The normalized spacial score (nSPS) is 12.6. The molecule has 0 bridgehead atoms. The molecule has 0 saturated carbocycles. The summed E-state index contributed by atoms with van der Waals surface area (Å²) in [6, 6.07) is 9.41. The Bertz CT molecular complexity index is 439. The molecule has 0 spiro atoms. The van der Waals surface area contributed by atoms with Crippen LogP contribution in [0.5, 0.6) is 0 Å². The molecule has 0 aliphatic heterocycles. The number of hydrogen-bond acceptors (Lipinski definition) is 4. The Morgan fingerprint density at radius 2 is 2.00 bits per heavy atom. The molecule has 0 aliphatic rings. The molecule has 0 amide bonds. The van der Waals surface area contributed by atoms with E-state index in [1.807, 2.05) is 30.3 Å². The fourth-order valence-electron chi connectivity index (χ4n) is 1.51. The summed E-state index contributed by atoms with van der Waals surface area (Å²) in [6.45, 7) is 2.07. The van der Waals surface area contributed by atoms with Crippen LogP contribution >= 0.6 is 0 Å². The highest BCUT2D eigenvalue weighted by Gasteiger charge is 2.15. The summed E-state index contributed by atoms with van der Waals surface area (Å²) in [6.07, 6.45) is 1.79. The summed E-state index contributed by atoms with van der Waals surface area (Å²) >= 11 is 0. The van der Waals surface area contributed by atoms with Crippen LogP contribution in [-0.4, -0.2) is 10.2 Å². The molecule has 1 unspecified atom stereocenters. The fourth-order valence-corrected chi connectivity index (χ4v) is 1.51. The molecule has 2 rings (SSSR count).